The van der Waals surface area contributed by atoms with Crippen molar-refractivity contribution in [3.8, 4) is 0 Å². The molecule has 0 unspecified atom stereocenters. The maximum Gasteiger partial charge on any atom is 0.416 e. The predicted octanol–water partition coefficient (Wildman–Crippen LogP) is 2.95. The standard InChI is InChI=1S/C24H34F3N5O3/c1-17-11-32(18(2)15-33)23(34)9-6-10-31-13-20(28-29-31)16-35-22(17)14-30(3)12-19-7-4-5-8-21(19)24(25,26)27/h4-5,7-8,13,17-18,22,33H,6,9-12,14-16H2,1-3H3/t17-,18-,22+/m0/s1. The Morgan fingerprint density at radius 3 is 2.77 bits per heavy atom. The van der Waals surface area contributed by atoms with Crippen LogP contribution in [-0.2, 0) is 35.4 Å². The van der Waals surface area contributed by atoms with Crippen LogP contribution in [0.2, 0.25) is 0 Å². The Hall–Kier alpha value is -2.50. The van der Waals surface area contributed by atoms with E-state index < -0.39 is 17.8 Å². The number of aromatic nitrogens is 3. The summed E-state index contributed by atoms with van der Waals surface area (Å²) in [5.41, 5.74) is 0.188. The van der Waals surface area contributed by atoms with Crippen LogP contribution < -0.4 is 0 Å². The smallest absolute Gasteiger partial charge is 0.394 e. The lowest BCUT2D eigenvalue weighted by Gasteiger charge is -2.35. The molecule has 1 aromatic heterocycles. The highest BCUT2D eigenvalue weighted by Crippen LogP contribution is 2.32. The first kappa shape index (κ1) is 27.1. The first-order valence-electron chi connectivity index (χ1n) is 11.8. The molecule has 1 N–H and O–H groups in total. The number of fused-ring (bicyclic) bond motifs is 2. The van der Waals surface area contributed by atoms with Gasteiger partial charge in [-0.05, 0) is 32.0 Å². The number of aryl methyl sites for hydroxylation is 1. The minimum atomic E-state index is -4.43. The molecule has 194 valence electrons. The Bertz CT molecular complexity index is 968. The molecule has 1 aromatic carbocycles. The van der Waals surface area contributed by atoms with Gasteiger partial charge in [-0.2, -0.15) is 13.2 Å². The normalized spacial score (nSPS) is 21.4. The van der Waals surface area contributed by atoms with Crippen molar-refractivity contribution < 1.29 is 27.8 Å². The van der Waals surface area contributed by atoms with E-state index in [0.29, 0.717) is 38.2 Å². The Balaban J connectivity index is 1.80. The molecular formula is C24H34F3N5O3. The first-order chi connectivity index (χ1) is 16.6. The molecule has 2 heterocycles. The number of ether oxygens (including phenoxy) is 1. The van der Waals surface area contributed by atoms with E-state index in [1.165, 1.54) is 12.1 Å². The van der Waals surface area contributed by atoms with Crippen LogP contribution in [0.1, 0.15) is 43.5 Å². The van der Waals surface area contributed by atoms with Gasteiger partial charge in [0.1, 0.15) is 5.69 Å². The van der Waals surface area contributed by atoms with Crippen molar-refractivity contribution in [2.75, 3.05) is 26.7 Å². The van der Waals surface area contributed by atoms with Gasteiger partial charge < -0.3 is 14.7 Å². The van der Waals surface area contributed by atoms with Crippen LogP contribution >= 0.6 is 0 Å². The highest BCUT2D eigenvalue weighted by molar-refractivity contribution is 5.76. The third-order valence-electron chi connectivity index (χ3n) is 6.30. The summed E-state index contributed by atoms with van der Waals surface area (Å²) in [6.45, 7) is 5.12. The quantitative estimate of drug-likeness (QED) is 0.661. The van der Waals surface area contributed by atoms with Gasteiger partial charge in [0.2, 0.25) is 5.91 Å². The highest BCUT2D eigenvalue weighted by Gasteiger charge is 2.33. The SMILES string of the molecule is C[C@H]1CN([C@@H](C)CO)C(=O)CCCn2cc(nn2)CO[C@@H]1CN(C)Cc1ccccc1C(F)(F)F. The monoisotopic (exact) mass is 497 g/mol. The minimum Gasteiger partial charge on any atom is -0.394 e. The van der Waals surface area contributed by atoms with Crippen LogP contribution in [0.3, 0.4) is 0 Å². The molecule has 0 aliphatic carbocycles. The van der Waals surface area contributed by atoms with Crippen LogP contribution in [0.15, 0.2) is 30.5 Å². The Labute approximate surface area is 203 Å². The molecule has 0 saturated carbocycles. The van der Waals surface area contributed by atoms with E-state index in [1.807, 2.05) is 6.92 Å². The topological polar surface area (TPSA) is 83.7 Å². The van der Waals surface area contributed by atoms with E-state index in [2.05, 4.69) is 10.3 Å². The lowest BCUT2D eigenvalue weighted by Crippen LogP contribution is -2.47. The lowest BCUT2D eigenvalue weighted by molar-refractivity contribution is -0.138. The number of benzene rings is 1. The largest absolute Gasteiger partial charge is 0.416 e. The van der Waals surface area contributed by atoms with E-state index in [-0.39, 0.29) is 43.2 Å². The fraction of sp³-hybridized carbons (Fsp3) is 0.625. The molecule has 8 nitrogen and oxygen atoms in total. The number of rotatable bonds is 6. The number of halogens is 3. The van der Waals surface area contributed by atoms with Crippen LogP contribution in [0.25, 0.3) is 0 Å². The summed E-state index contributed by atoms with van der Waals surface area (Å²) in [5, 5.41) is 17.9. The molecule has 0 radical (unpaired) electrons. The van der Waals surface area contributed by atoms with E-state index in [1.54, 1.807) is 40.7 Å². The van der Waals surface area contributed by atoms with Crippen molar-refractivity contribution in [2.24, 2.45) is 5.92 Å². The van der Waals surface area contributed by atoms with Crippen molar-refractivity contribution >= 4 is 5.91 Å². The van der Waals surface area contributed by atoms with Crippen LogP contribution in [-0.4, -0.2) is 74.7 Å². The van der Waals surface area contributed by atoms with Crippen LogP contribution in [0, 0.1) is 5.92 Å². The zero-order chi connectivity index (χ0) is 25.6. The molecule has 0 spiro atoms. The summed E-state index contributed by atoms with van der Waals surface area (Å²) >= 11 is 0. The molecule has 3 atom stereocenters. The molecular weight excluding hydrogens is 463 g/mol. The average Bonchev–Trinajstić information content (AvgIpc) is 3.26. The van der Waals surface area contributed by atoms with E-state index in [9.17, 15) is 23.1 Å². The van der Waals surface area contributed by atoms with Gasteiger partial charge in [-0.3, -0.25) is 14.4 Å². The van der Waals surface area contributed by atoms with Crippen molar-refractivity contribution in [1.82, 2.24) is 24.8 Å². The molecule has 1 amide bonds. The Kier molecular flexibility index (Phi) is 9.26. The van der Waals surface area contributed by atoms with Crippen molar-refractivity contribution in [3.63, 3.8) is 0 Å². The molecule has 0 saturated heterocycles. The second-order valence-electron chi connectivity index (χ2n) is 9.33. The summed E-state index contributed by atoms with van der Waals surface area (Å²) in [7, 11) is 1.75. The minimum absolute atomic E-state index is 0.0656. The second-order valence-corrected chi connectivity index (χ2v) is 9.33. The Morgan fingerprint density at radius 2 is 2.06 bits per heavy atom. The molecule has 2 bridgehead atoms. The second kappa shape index (κ2) is 12.0. The first-order valence-corrected chi connectivity index (χ1v) is 11.8. The lowest BCUT2D eigenvalue weighted by atomic mass is 10.0. The third-order valence-corrected chi connectivity index (χ3v) is 6.30. The molecule has 11 heteroatoms. The summed E-state index contributed by atoms with van der Waals surface area (Å²) in [5.74, 6) is -0.215. The summed E-state index contributed by atoms with van der Waals surface area (Å²) in [6.07, 6.45) is -2.14. The zero-order valence-corrected chi connectivity index (χ0v) is 20.4. The third kappa shape index (κ3) is 7.49. The van der Waals surface area contributed by atoms with Gasteiger partial charge in [-0.1, -0.05) is 30.3 Å². The van der Waals surface area contributed by atoms with Gasteiger partial charge in [0, 0.05) is 38.5 Å². The summed E-state index contributed by atoms with van der Waals surface area (Å²) < 4.78 is 48.2. The predicted molar refractivity (Wildman–Crippen MR) is 123 cm³/mol. The zero-order valence-electron chi connectivity index (χ0n) is 20.4. The number of carbonyl (C=O) groups excluding carboxylic acids is 1. The number of aliphatic hydroxyl groups excluding tert-OH is 1. The van der Waals surface area contributed by atoms with Gasteiger partial charge in [-0.15, -0.1) is 5.10 Å². The number of aliphatic hydroxyl groups is 1. The molecule has 3 rings (SSSR count). The number of alkyl halides is 3. The number of likely N-dealkylation sites (N-methyl/N-ethyl adjacent to an activating group) is 1. The number of carbonyl (C=O) groups is 1. The number of hydrogen-bond acceptors (Lipinski definition) is 6. The van der Waals surface area contributed by atoms with E-state index in [4.69, 9.17) is 4.74 Å². The highest BCUT2D eigenvalue weighted by atomic mass is 19.4. The van der Waals surface area contributed by atoms with Gasteiger partial charge in [0.05, 0.1) is 37.1 Å². The Morgan fingerprint density at radius 1 is 1.31 bits per heavy atom. The maximum atomic E-state index is 13.5. The fourth-order valence-electron chi connectivity index (χ4n) is 4.29. The van der Waals surface area contributed by atoms with E-state index >= 15 is 0 Å². The van der Waals surface area contributed by atoms with Gasteiger partial charge >= 0.3 is 6.18 Å². The molecule has 1 aliphatic heterocycles. The van der Waals surface area contributed by atoms with Gasteiger partial charge in [0.15, 0.2) is 0 Å². The number of nitrogens with zero attached hydrogens (tertiary/aromatic N) is 5. The van der Waals surface area contributed by atoms with Crippen molar-refractivity contribution in [3.05, 3.63) is 47.3 Å². The van der Waals surface area contributed by atoms with E-state index in [0.717, 1.165) is 6.07 Å². The molecule has 1 aliphatic rings. The summed E-state index contributed by atoms with van der Waals surface area (Å²) in [4.78, 5) is 16.4. The van der Waals surface area contributed by atoms with Gasteiger partial charge in [-0.25, -0.2) is 0 Å². The molecule has 2 aromatic rings. The average molecular weight is 498 g/mol. The van der Waals surface area contributed by atoms with Crippen molar-refractivity contribution in [1.29, 1.82) is 0 Å². The van der Waals surface area contributed by atoms with Crippen LogP contribution in [0.5, 0.6) is 0 Å². The van der Waals surface area contributed by atoms with Crippen molar-refractivity contribution in [2.45, 2.75) is 64.7 Å². The van der Waals surface area contributed by atoms with Crippen LogP contribution in [0.4, 0.5) is 13.2 Å². The number of hydrogen-bond donors (Lipinski definition) is 1. The number of amides is 1. The molecule has 35 heavy (non-hydrogen) atoms. The molecule has 0 fully saturated rings. The summed E-state index contributed by atoms with van der Waals surface area (Å²) in [6, 6.07) is 5.19. The van der Waals surface area contributed by atoms with Gasteiger partial charge in [0.25, 0.3) is 0 Å². The fourth-order valence-corrected chi connectivity index (χ4v) is 4.29. The maximum absolute atomic E-state index is 13.5.